The Morgan fingerprint density at radius 2 is 2.14 bits per heavy atom. The molecule has 1 atom stereocenters. The lowest BCUT2D eigenvalue weighted by Crippen LogP contribution is -2.50. The molecule has 5 nitrogen and oxygen atoms in total. The average molecular weight is 307 g/mol. The molecule has 0 radical (unpaired) electrons. The molecule has 0 N–H and O–H groups in total. The van der Waals surface area contributed by atoms with Crippen LogP contribution in [-0.4, -0.2) is 35.7 Å². The van der Waals surface area contributed by atoms with Crippen LogP contribution in [0.4, 0.5) is 0 Å². The number of halogens is 1. The first kappa shape index (κ1) is 14.1. The van der Waals surface area contributed by atoms with E-state index in [2.05, 4.69) is 5.16 Å². The van der Waals surface area contributed by atoms with Crippen LogP contribution in [0.5, 0.6) is 0 Å². The molecule has 0 spiro atoms. The highest BCUT2D eigenvalue weighted by Crippen LogP contribution is 2.30. The predicted octanol–water partition coefficient (Wildman–Crippen LogP) is 2.72. The molecule has 6 heteroatoms. The predicted molar refractivity (Wildman–Crippen MR) is 77.2 cm³/mol. The normalized spacial score (nSPS) is 22.3. The van der Waals surface area contributed by atoms with Crippen molar-refractivity contribution in [3.63, 3.8) is 0 Å². The fourth-order valence-corrected chi connectivity index (χ4v) is 2.65. The Balaban J connectivity index is 1.81. The summed E-state index contributed by atoms with van der Waals surface area (Å²) in [5.74, 6) is -0.0721. The molecule has 0 bridgehead atoms. The van der Waals surface area contributed by atoms with Gasteiger partial charge in [0.05, 0.1) is 13.2 Å². The van der Waals surface area contributed by atoms with Gasteiger partial charge in [-0.05, 0) is 12.5 Å². The summed E-state index contributed by atoms with van der Waals surface area (Å²) in [4.78, 5) is 14.1. The minimum absolute atomic E-state index is 0.150. The van der Waals surface area contributed by atoms with E-state index in [1.165, 1.54) is 6.07 Å². The SMILES string of the molecule is CC1(c2ccccc2)CN(C(=O)c2cc(Cl)no2)CCO1. The molecule has 1 saturated heterocycles. The molecule has 1 aliphatic rings. The number of carbonyl (C=O) groups is 1. The molecular weight excluding hydrogens is 292 g/mol. The maximum Gasteiger partial charge on any atom is 0.292 e. The first-order valence-electron chi connectivity index (χ1n) is 6.69. The van der Waals surface area contributed by atoms with Crippen LogP contribution in [0.2, 0.25) is 5.15 Å². The second-order valence-electron chi connectivity index (χ2n) is 5.19. The van der Waals surface area contributed by atoms with Gasteiger partial charge < -0.3 is 14.2 Å². The molecule has 2 heterocycles. The van der Waals surface area contributed by atoms with Gasteiger partial charge in [-0.2, -0.15) is 0 Å². The molecule has 3 rings (SSSR count). The minimum Gasteiger partial charge on any atom is -0.367 e. The van der Waals surface area contributed by atoms with Gasteiger partial charge >= 0.3 is 0 Å². The average Bonchev–Trinajstić information content (AvgIpc) is 2.94. The molecule has 1 fully saturated rings. The fraction of sp³-hybridized carbons (Fsp3) is 0.333. The molecule has 1 aromatic carbocycles. The molecule has 1 amide bonds. The van der Waals surface area contributed by atoms with E-state index in [1.807, 2.05) is 37.3 Å². The summed E-state index contributed by atoms with van der Waals surface area (Å²) in [6.07, 6.45) is 0. The lowest BCUT2D eigenvalue weighted by molar-refractivity contribution is -0.0936. The molecule has 0 aliphatic carbocycles. The van der Waals surface area contributed by atoms with Gasteiger partial charge in [0.2, 0.25) is 5.76 Å². The Labute approximate surface area is 127 Å². The van der Waals surface area contributed by atoms with E-state index in [-0.39, 0.29) is 16.8 Å². The number of aromatic nitrogens is 1. The first-order valence-corrected chi connectivity index (χ1v) is 7.07. The molecule has 2 aromatic rings. The van der Waals surface area contributed by atoms with Gasteiger partial charge in [-0.25, -0.2) is 0 Å². The van der Waals surface area contributed by atoms with Crippen LogP contribution in [0.25, 0.3) is 0 Å². The first-order chi connectivity index (χ1) is 10.1. The molecule has 21 heavy (non-hydrogen) atoms. The number of amides is 1. The number of morpholine rings is 1. The summed E-state index contributed by atoms with van der Waals surface area (Å²) in [6.45, 7) is 3.42. The maximum atomic E-state index is 12.4. The van der Waals surface area contributed by atoms with Crippen molar-refractivity contribution < 1.29 is 14.1 Å². The highest BCUT2D eigenvalue weighted by atomic mass is 35.5. The molecular formula is C15H15ClN2O3. The third-order valence-electron chi connectivity index (χ3n) is 3.64. The van der Waals surface area contributed by atoms with Crippen LogP contribution in [0.3, 0.4) is 0 Å². The van der Waals surface area contributed by atoms with Crippen LogP contribution in [0, 0.1) is 0 Å². The van der Waals surface area contributed by atoms with Crippen molar-refractivity contribution >= 4 is 17.5 Å². The Morgan fingerprint density at radius 3 is 2.81 bits per heavy atom. The molecule has 1 unspecified atom stereocenters. The number of rotatable bonds is 2. The summed E-state index contributed by atoms with van der Waals surface area (Å²) in [7, 11) is 0. The van der Waals surface area contributed by atoms with E-state index >= 15 is 0 Å². The summed E-state index contributed by atoms with van der Waals surface area (Å²) in [5.41, 5.74) is 0.511. The van der Waals surface area contributed by atoms with E-state index in [1.54, 1.807) is 4.90 Å². The second kappa shape index (κ2) is 5.50. The van der Waals surface area contributed by atoms with E-state index in [0.717, 1.165) is 5.56 Å². The van der Waals surface area contributed by atoms with Crippen molar-refractivity contribution in [1.82, 2.24) is 10.1 Å². The Kier molecular flexibility index (Phi) is 3.69. The zero-order valence-corrected chi connectivity index (χ0v) is 12.3. The third-order valence-corrected chi connectivity index (χ3v) is 3.82. The van der Waals surface area contributed by atoms with Crippen molar-refractivity contribution in [1.29, 1.82) is 0 Å². The summed E-state index contributed by atoms with van der Waals surface area (Å²) in [6, 6.07) is 11.3. The zero-order valence-electron chi connectivity index (χ0n) is 11.6. The molecule has 0 saturated carbocycles. The quantitative estimate of drug-likeness (QED) is 0.856. The lowest BCUT2D eigenvalue weighted by atomic mass is 9.94. The summed E-state index contributed by atoms with van der Waals surface area (Å²) in [5, 5.41) is 3.72. The molecule has 110 valence electrons. The van der Waals surface area contributed by atoms with Gasteiger partial charge in [0, 0.05) is 12.6 Å². The number of carbonyl (C=O) groups excluding carboxylic acids is 1. The number of nitrogens with zero attached hydrogens (tertiary/aromatic N) is 2. The topological polar surface area (TPSA) is 55.6 Å². The number of hydrogen-bond acceptors (Lipinski definition) is 4. The summed E-state index contributed by atoms with van der Waals surface area (Å²) >= 11 is 5.70. The van der Waals surface area contributed by atoms with E-state index in [4.69, 9.17) is 20.9 Å². The Morgan fingerprint density at radius 1 is 1.38 bits per heavy atom. The van der Waals surface area contributed by atoms with Crippen LogP contribution >= 0.6 is 11.6 Å². The van der Waals surface area contributed by atoms with Crippen LogP contribution < -0.4 is 0 Å². The van der Waals surface area contributed by atoms with Crippen molar-refractivity contribution in [2.24, 2.45) is 0 Å². The largest absolute Gasteiger partial charge is 0.367 e. The van der Waals surface area contributed by atoms with Crippen LogP contribution in [0.15, 0.2) is 40.9 Å². The monoisotopic (exact) mass is 306 g/mol. The molecule has 1 aliphatic heterocycles. The van der Waals surface area contributed by atoms with Crippen molar-refractivity contribution in [3.8, 4) is 0 Å². The van der Waals surface area contributed by atoms with Crippen molar-refractivity contribution in [2.75, 3.05) is 19.7 Å². The van der Waals surface area contributed by atoms with Gasteiger partial charge in [0.1, 0.15) is 5.60 Å². The number of ether oxygens (including phenoxy) is 1. The van der Waals surface area contributed by atoms with Gasteiger partial charge in [-0.1, -0.05) is 47.1 Å². The van der Waals surface area contributed by atoms with E-state index in [0.29, 0.717) is 19.7 Å². The fourth-order valence-electron chi connectivity index (χ4n) is 2.52. The number of benzene rings is 1. The van der Waals surface area contributed by atoms with Crippen molar-refractivity contribution in [2.45, 2.75) is 12.5 Å². The highest BCUT2D eigenvalue weighted by molar-refractivity contribution is 6.29. The Hall–Kier alpha value is -1.85. The highest BCUT2D eigenvalue weighted by Gasteiger charge is 2.36. The zero-order chi connectivity index (χ0) is 14.9. The standard InChI is InChI=1S/C15H15ClN2O3/c1-15(11-5-3-2-4-6-11)10-18(7-8-20-15)14(19)12-9-13(16)17-21-12/h2-6,9H,7-8,10H2,1H3. The number of hydrogen-bond donors (Lipinski definition) is 0. The smallest absolute Gasteiger partial charge is 0.292 e. The second-order valence-corrected chi connectivity index (χ2v) is 5.57. The Bertz CT molecular complexity index is 643. The van der Waals surface area contributed by atoms with Gasteiger partial charge in [0.15, 0.2) is 5.15 Å². The summed E-state index contributed by atoms with van der Waals surface area (Å²) < 4.78 is 10.8. The van der Waals surface area contributed by atoms with Crippen LogP contribution in [0.1, 0.15) is 23.0 Å². The maximum absolute atomic E-state index is 12.4. The van der Waals surface area contributed by atoms with Crippen LogP contribution in [-0.2, 0) is 10.3 Å². The van der Waals surface area contributed by atoms with E-state index in [9.17, 15) is 4.79 Å². The van der Waals surface area contributed by atoms with Gasteiger partial charge in [-0.15, -0.1) is 0 Å². The van der Waals surface area contributed by atoms with Gasteiger partial charge in [-0.3, -0.25) is 4.79 Å². The van der Waals surface area contributed by atoms with Gasteiger partial charge in [0.25, 0.3) is 5.91 Å². The van der Waals surface area contributed by atoms with E-state index < -0.39 is 5.60 Å². The third kappa shape index (κ3) is 2.80. The molecule has 1 aromatic heterocycles. The lowest BCUT2D eigenvalue weighted by Gasteiger charge is -2.40. The van der Waals surface area contributed by atoms with Crippen molar-refractivity contribution in [3.05, 3.63) is 52.9 Å². The minimum atomic E-state index is -0.529.